The molecule has 3 heteroatoms. The summed E-state index contributed by atoms with van der Waals surface area (Å²) in [5.74, 6) is 1.84. The molecule has 16 heavy (non-hydrogen) atoms. The fourth-order valence-electron chi connectivity index (χ4n) is 1.35. The van der Waals surface area contributed by atoms with E-state index in [0.29, 0.717) is 13.2 Å². The van der Waals surface area contributed by atoms with Crippen LogP contribution in [0.5, 0.6) is 11.5 Å². The molecule has 0 atom stereocenters. The van der Waals surface area contributed by atoms with E-state index < -0.39 is 0 Å². The van der Waals surface area contributed by atoms with Gasteiger partial charge >= 0.3 is 0 Å². The monoisotopic (exact) mass is 234 g/mol. The smallest absolute Gasteiger partial charge is 0.133 e. The van der Waals surface area contributed by atoms with Gasteiger partial charge in [0.2, 0.25) is 0 Å². The van der Waals surface area contributed by atoms with Gasteiger partial charge in [0.05, 0.1) is 0 Å². The van der Waals surface area contributed by atoms with Gasteiger partial charge in [-0.25, -0.2) is 0 Å². The third-order valence-corrected chi connectivity index (χ3v) is 2.99. The highest BCUT2D eigenvalue weighted by Gasteiger charge is 1.99. The highest BCUT2D eigenvalue weighted by molar-refractivity contribution is 7.10. The van der Waals surface area contributed by atoms with Crippen LogP contribution >= 0.6 is 11.3 Å². The molecular weight excluding hydrogens is 220 g/mol. The van der Waals surface area contributed by atoms with E-state index in [1.807, 2.05) is 41.8 Å². The van der Waals surface area contributed by atoms with Gasteiger partial charge in [-0.15, -0.1) is 11.3 Å². The van der Waals surface area contributed by atoms with Crippen LogP contribution in [0, 0.1) is 6.92 Å². The maximum atomic E-state index is 5.58. The zero-order valence-corrected chi connectivity index (χ0v) is 10.00. The summed E-state index contributed by atoms with van der Waals surface area (Å²) in [6.07, 6.45) is 0. The number of benzene rings is 1. The van der Waals surface area contributed by atoms with Crippen molar-refractivity contribution in [3.05, 3.63) is 46.7 Å². The first-order valence-electron chi connectivity index (χ1n) is 5.21. The quantitative estimate of drug-likeness (QED) is 0.737. The Morgan fingerprint density at radius 2 is 1.75 bits per heavy atom. The van der Waals surface area contributed by atoms with Crippen LogP contribution in [0.1, 0.15) is 4.88 Å². The van der Waals surface area contributed by atoms with Crippen LogP contribution in [-0.4, -0.2) is 13.2 Å². The number of ether oxygens (including phenoxy) is 2. The summed E-state index contributed by atoms with van der Waals surface area (Å²) in [6.45, 7) is 3.20. The van der Waals surface area contributed by atoms with Crippen molar-refractivity contribution in [3.8, 4) is 11.5 Å². The zero-order valence-electron chi connectivity index (χ0n) is 9.18. The van der Waals surface area contributed by atoms with E-state index in [9.17, 15) is 0 Å². The van der Waals surface area contributed by atoms with Gasteiger partial charge in [0.1, 0.15) is 24.7 Å². The topological polar surface area (TPSA) is 18.5 Å². The predicted octanol–water partition coefficient (Wildman–Crippen LogP) is 3.51. The minimum atomic E-state index is 0.569. The van der Waals surface area contributed by atoms with Crippen molar-refractivity contribution in [2.24, 2.45) is 0 Å². The number of hydrogen-bond acceptors (Lipinski definition) is 3. The number of thiophene rings is 1. The lowest BCUT2D eigenvalue weighted by Gasteiger charge is -2.07. The molecule has 0 aliphatic carbocycles. The highest BCUT2D eigenvalue weighted by Crippen LogP contribution is 2.22. The Bertz CT molecular complexity index is 423. The van der Waals surface area contributed by atoms with Crippen LogP contribution < -0.4 is 9.47 Å². The molecule has 0 fully saturated rings. The Hall–Kier alpha value is -1.48. The third kappa shape index (κ3) is 3.00. The SMILES string of the molecule is Cc1sccc1OCCOc1ccccc1. The highest BCUT2D eigenvalue weighted by atomic mass is 32.1. The number of aryl methyl sites for hydroxylation is 1. The van der Waals surface area contributed by atoms with Gasteiger partial charge in [0, 0.05) is 4.88 Å². The minimum absolute atomic E-state index is 0.569. The van der Waals surface area contributed by atoms with Gasteiger partial charge in [0.15, 0.2) is 0 Å². The Labute approximate surface area is 99.5 Å². The Morgan fingerprint density at radius 1 is 1.00 bits per heavy atom. The van der Waals surface area contributed by atoms with Crippen LogP contribution in [0.2, 0.25) is 0 Å². The molecule has 2 nitrogen and oxygen atoms in total. The van der Waals surface area contributed by atoms with Gasteiger partial charge in [-0.05, 0) is 30.5 Å². The fourth-order valence-corrected chi connectivity index (χ4v) is 1.99. The maximum Gasteiger partial charge on any atom is 0.133 e. The third-order valence-electron chi connectivity index (χ3n) is 2.16. The van der Waals surface area contributed by atoms with E-state index in [1.54, 1.807) is 11.3 Å². The Morgan fingerprint density at radius 3 is 2.44 bits per heavy atom. The second kappa shape index (κ2) is 5.56. The summed E-state index contributed by atoms with van der Waals surface area (Å²) in [7, 11) is 0. The van der Waals surface area contributed by atoms with E-state index in [1.165, 1.54) is 4.88 Å². The molecule has 1 aromatic carbocycles. The molecule has 0 aliphatic heterocycles. The Balaban J connectivity index is 1.72. The molecule has 84 valence electrons. The van der Waals surface area contributed by atoms with E-state index in [-0.39, 0.29) is 0 Å². The lowest BCUT2D eigenvalue weighted by molar-refractivity contribution is 0.217. The number of para-hydroxylation sites is 1. The van der Waals surface area contributed by atoms with Crippen LogP contribution in [0.15, 0.2) is 41.8 Å². The molecule has 1 aromatic heterocycles. The van der Waals surface area contributed by atoms with E-state index in [2.05, 4.69) is 6.92 Å². The molecule has 0 spiro atoms. The van der Waals surface area contributed by atoms with Gasteiger partial charge in [0.25, 0.3) is 0 Å². The largest absolute Gasteiger partial charge is 0.490 e. The lowest BCUT2D eigenvalue weighted by Crippen LogP contribution is -2.08. The van der Waals surface area contributed by atoms with Gasteiger partial charge in [-0.2, -0.15) is 0 Å². The Kier molecular flexibility index (Phi) is 3.83. The maximum absolute atomic E-state index is 5.58. The van der Waals surface area contributed by atoms with Crippen LogP contribution in [0.25, 0.3) is 0 Å². The van der Waals surface area contributed by atoms with Gasteiger partial charge in [-0.1, -0.05) is 18.2 Å². The fraction of sp³-hybridized carbons (Fsp3) is 0.231. The standard InChI is InChI=1S/C13H14O2S/c1-11-13(7-10-16-11)15-9-8-14-12-5-3-2-4-6-12/h2-7,10H,8-9H2,1H3. The molecule has 0 saturated carbocycles. The van der Waals surface area contributed by atoms with Crippen molar-refractivity contribution in [2.75, 3.05) is 13.2 Å². The van der Waals surface area contributed by atoms with Gasteiger partial charge < -0.3 is 9.47 Å². The van der Waals surface area contributed by atoms with E-state index in [0.717, 1.165) is 11.5 Å². The first-order chi connectivity index (χ1) is 7.86. The van der Waals surface area contributed by atoms with Crippen molar-refractivity contribution in [2.45, 2.75) is 6.92 Å². The molecule has 0 saturated heterocycles. The van der Waals surface area contributed by atoms with Crippen molar-refractivity contribution in [1.82, 2.24) is 0 Å². The van der Waals surface area contributed by atoms with Crippen LogP contribution in [0.4, 0.5) is 0 Å². The summed E-state index contributed by atoms with van der Waals surface area (Å²) in [5.41, 5.74) is 0. The summed E-state index contributed by atoms with van der Waals surface area (Å²) < 4.78 is 11.1. The van der Waals surface area contributed by atoms with Crippen molar-refractivity contribution in [1.29, 1.82) is 0 Å². The van der Waals surface area contributed by atoms with E-state index in [4.69, 9.17) is 9.47 Å². The van der Waals surface area contributed by atoms with Crippen LogP contribution in [0.3, 0.4) is 0 Å². The van der Waals surface area contributed by atoms with Gasteiger partial charge in [-0.3, -0.25) is 0 Å². The molecule has 0 bridgehead atoms. The zero-order chi connectivity index (χ0) is 11.2. The minimum Gasteiger partial charge on any atom is -0.490 e. The number of hydrogen-bond donors (Lipinski definition) is 0. The molecule has 2 aromatic rings. The second-order valence-electron chi connectivity index (χ2n) is 3.35. The summed E-state index contributed by atoms with van der Waals surface area (Å²) >= 11 is 1.69. The molecule has 0 amide bonds. The number of rotatable bonds is 5. The molecule has 0 unspecified atom stereocenters. The van der Waals surface area contributed by atoms with Crippen molar-refractivity contribution < 1.29 is 9.47 Å². The van der Waals surface area contributed by atoms with Crippen LogP contribution in [-0.2, 0) is 0 Å². The molecule has 1 heterocycles. The van der Waals surface area contributed by atoms with E-state index >= 15 is 0 Å². The lowest BCUT2D eigenvalue weighted by atomic mass is 10.3. The summed E-state index contributed by atoms with van der Waals surface area (Å²) in [6, 6.07) is 11.8. The van der Waals surface area contributed by atoms with Crippen molar-refractivity contribution >= 4 is 11.3 Å². The molecule has 0 aliphatic rings. The van der Waals surface area contributed by atoms with Crippen molar-refractivity contribution in [3.63, 3.8) is 0 Å². The normalized spacial score (nSPS) is 10.1. The second-order valence-corrected chi connectivity index (χ2v) is 4.47. The first-order valence-corrected chi connectivity index (χ1v) is 6.09. The predicted molar refractivity (Wildman–Crippen MR) is 66.5 cm³/mol. The molecule has 0 radical (unpaired) electrons. The molecular formula is C13H14O2S. The average molecular weight is 234 g/mol. The summed E-state index contributed by atoms with van der Waals surface area (Å²) in [4.78, 5) is 1.21. The summed E-state index contributed by atoms with van der Waals surface area (Å²) in [5, 5.41) is 2.03. The first kappa shape index (κ1) is 11.0. The average Bonchev–Trinajstić information content (AvgIpc) is 2.72. The molecule has 0 N–H and O–H groups in total. The molecule has 2 rings (SSSR count).